The third-order valence-corrected chi connectivity index (χ3v) is 4.17. The summed E-state index contributed by atoms with van der Waals surface area (Å²) in [6, 6.07) is 18.4. The molecule has 7 heteroatoms. The Labute approximate surface area is 130 Å². The van der Waals surface area contributed by atoms with E-state index in [2.05, 4.69) is 15.5 Å². The summed E-state index contributed by atoms with van der Waals surface area (Å²) < 4.78 is 1.53. The van der Waals surface area contributed by atoms with Crippen molar-refractivity contribution in [1.82, 2.24) is 20.2 Å². The molecule has 0 fully saturated rings. The Morgan fingerprint density at radius 1 is 1.05 bits per heavy atom. The first kappa shape index (κ1) is 14.3. The molecule has 1 aromatic heterocycles. The van der Waals surface area contributed by atoms with E-state index in [0.29, 0.717) is 10.7 Å². The molecule has 1 atom stereocenters. The van der Waals surface area contributed by atoms with Gasteiger partial charge < -0.3 is 5.11 Å². The van der Waals surface area contributed by atoms with Crippen LogP contribution >= 0.6 is 11.8 Å². The lowest BCUT2D eigenvalue weighted by atomic mass is 10.1. The van der Waals surface area contributed by atoms with Crippen molar-refractivity contribution in [1.29, 1.82) is 0 Å². The first-order valence-electron chi connectivity index (χ1n) is 6.54. The molecule has 3 aromatic rings. The van der Waals surface area contributed by atoms with Crippen LogP contribution in [0.4, 0.5) is 0 Å². The van der Waals surface area contributed by atoms with E-state index in [1.807, 2.05) is 48.5 Å². The fourth-order valence-corrected chi connectivity index (χ4v) is 2.91. The Morgan fingerprint density at radius 2 is 1.68 bits per heavy atom. The van der Waals surface area contributed by atoms with E-state index in [4.69, 9.17) is 0 Å². The normalized spacial score (nSPS) is 12.0. The number of carbonyl (C=O) groups is 1. The molecule has 0 aliphatic heterocycles. The highest BCUT2D eigenvalue weighted by Gasteiger charge is 2.24. The van der Waals surface area contributed by atoms with E-state index in [0.717, 1.165) is 17.4 Å². The quantitative estimate of drug-likeness (QED) is 0.729. The van der Waals surface area contributed by atoms with Gasteiger partial charge in [0.2, 0.25) is 5.16 Å². The van der Waals surface area contributed by atoms with Gasteiger partial charge in [0.1, 0.15) is 5.25 Å². The smallest absolute Gasteiger partial charge is 0.321 e. The highest BCUT2D eigenvalue weighted by Crippen LogP contribution is 2.34. The number of thioether (sulfide) groups is 1. The van der Waals surface area contributed by atoms with Gasteiger partial charge in [-0.05, 0) is 28.1 Å². The number of aliphatic carboxylic acids is 1. The number of hydrogen-bond donors (Lipinski definition) is 1. The van der Waals surface area contributed by atoms with Gasteiger partial charge in [0, 0.05) is 0 Å². The summed E-state index contributed by atoms with van der Waals surface area (Å²) in [6.45, 7) is 0. The van der Waals surface area contributed by atoms with E-state index in [1.165, 1.54) is 4.68 Å². The van der Waals surface area contributed by atoms with Gasteiger partial charge in [-0.25, -0.2) is 0 Å². The molecule has 0 unspecified atom stereocenters. The van der Waals surface area contributed by atoms with Crippen LogP contribution in [0.2, 0.25) is 0 Å². The van der Waals surface area contributed by atoms with Crippen LogP contribution in [0.1, 0.15) is 10.8 Å². The van der Waals surface area contributed by atoms with Gasteiger partial charge in [-0.3, -0.25) is 4.79 Å². The number of nitrogens with zero attached hydrogens (tertiary/aromatic N) is 4. The molecule has 6 nitrogen and oxygen atoms in total. The predicted molar refractivity (Wildman–Crippen MR) is 81.8 cm³/mol. The number of rotatable bonds is 5. The van der Waals surface area contributed by atoms with Gasteiger partial charge in [-0.2, -0.15) is 4.68 Å². The molecule has 0 spiro atoms. The Hall–Kier alpha value is -2.67. The number of para-hydroxylation sites is 1. The van der Waals surface area contributed by atoms with Gasteiger partial charge in [-0.15, -0.1) is 5.10 Å². The number of benzene rings is 2. The second kappa shape index (κ2) is 6.40. The van der Waals surface area contributed by atoms with Crippen molar-refractivity contribution in [2.45, 2.75) is 10.4 Å². The first-order valence-corrected chi connectivity index (χ1v) is 7.42. The Kier molecular flexibility index (Phi) is 4.15. The summed E-state index contributed by atoms with van der Waals surface area (Å²) in [5, 5.41) is 20.7. The van der Waals surface area contributed by atoms with Crippen LogP contribution in [0.5, 0.6) is 0 Å². The number of hydrogen-bond acceptors (Lipinski definition) is 5. The van der Waals surface area contributed by atoms with Crippen LogP contribution in [0.15, 0.2) is 65.8 Å². The van der Waals surface area contributed by atoms with Crippen molar-refractivity contribution in [2.24, 2.45) is 0 Å². The van der Waals surface area contributed by atoms with Crippen molar-refractivity contribution >= 4 is 17.7 Å². The molecule has 1 N–H and O–H groups in total. The molecule has 22 heavy (non-hydrogen) atoms. The molecular weight excluding hydrogens is 300 g/mol. The van der Waals surface area contributed by atoms with E-state index >= 15 is 0 Å². The highest BCUT2D eigenvalue weighted by atomic mass is 32.2. The lowest BCUT2D eigenvalue weighted by Gasteiger charge is -2.11. The second-order valence-corrected chi connectivity index (χ2v) is 5.53. The fraction of sp³-hybridized carbons (Fsp3) is 0.0667. The summed E-state index contributed by atoms with van der Waals surface area (Å²) >= 11 is 1.11. The summed E-state index contributed by atoms with van der Waals surface area (Å²) in [6.07, 6.45) is 0. The van der Waals surface area contributed by atoms with E-state index in [-0.39, 0.29) is 0 Å². The highest BCUT2D eigenvalue weighted by molar-refractivity contribution is 8.00. The summed E-state index contributed by atoms with van der Waals surface area (Å²) in [7, 11) is 0. The molecule has 0 aliphatic rings. The third-order valence-electron chi connectivity index (χ3n) is 2.99. The monoisotopic (exact) mass is 312 g/mol. The summed E-state index contributed by atoms with van der Waals surface area (Å²) in [4.78, 5) is 11.6. The maximum absolute atomic E-state index is 11.6. The molecule has 0 bridgehead atoms. The molecule has 2 aromatic carbocycles. The number of carboxylic acid groups (broad SMARTS) is 1. The Bertz CT molecular complexity index is 761. The minimum Gasteiger partial charge on any atom is -0.480 e. The number of tetrazole rings is 1. The maximum Gasteiger partial charge on any atom is 0.321 e. The fourth-order valence-electron chi connectivity index (χ4n) is 1.98. The lowest BCUT2D eigenvalue weighted by molar-refractivity contribution is -0.136. The molecule has 110 valence electrons. The van der Waals surface area contributed by atoms with Crippen LogP contribution in [-0.2, 0) is 4.79 Å². The van der Waals surface area contributed by atoms with Gasteiger partial charge in [0.25, 0.3) is 0 Å². The largest absolute Gasteiger partial charge is 0.480 e. The van der Waals surface area contributed by atoms with E-state index in [1.54, 1.807) is 12.1 Å². The zero-order chi connectivity index (χ0) is 15.4. The zero-order valence-corrected chi connectivity index (χ0v) is 12.2. The number of aromatic nitrogens is 4. The predicted octanol–water partition coefficient (Wildman–Crippen LogP) is 2.58. The van der Waals surface area contributed by atoms with Crippen LogP contribution in [-0.4, -0.2) is 31.3 Å². The average molecular weight is 312 g/mol. The van der Waals surface area contributed by atoms with Gasteiger partial charge in [-0.1, -0.05) is 60.3 Å². The summed E-state index contributed by atoms with van der Waals surface area (Å²) in [5.41, 5.74) is 1.48. The first-order chi connectivity index (χ1) is 10.8. The van der Waals surface area contributed by atoms with Gasteiger partial charge >= 0.3 is 5.97 Å². The minimum absolute atomic E-state index is 0.433. The topological polar surface area (TPSA) is 80.9 Å². The number of carboxylic acids is 1. The van der Waals surface area contributed by atoms with Crippen LogP contribution in [0.3, 0.4) is 0 Å². The Balaban J connectivity index is 1.92. The third kappa shape index (κ3) is 2.99. The van der Waals surface area contributed by atoms with Crippen molar-refractivity contribution in [3.05, 3.63) is 66.2 Å². The second-order valence-electron chi connectivity index (χ2n) is 4.46. The van der Waals surface area contributed by atoms with E-state index < -0.39 is 11.2 Å². The molecule has 1 heterocycles. The molecule has 0 saturated heterocycles. The maximum atomic E-state index is 11.6. The lowest BCUT2D eigenvalue weighted by Crippen LogP contribution is -2.09. The van der Waals surface area contributed by atoms with Gasteiger partial charge in [0.15, 0.2) is 0 Å². The molecule has 0 aliphatic carbocycles. The molecular formula is C15H12N4O2S. The van der Waals surface area contributed by atoms with Crippen molar-refractivity contribution < 1.29 is 9.90 Å². The SMILES string of the molecule is O=C(O)[C@@H](Sc1nnnn1-c1ccccc1)c1ccccc1. The van der Waals surface area contributed by atoms with Crippen LogP contribution in [0, 0.1) is 0 Å². The zero-order valence-electron chi connectivity index (χ0n) is 11.4. The molecule has 3 rings (SSSR count). The van der Waals surface area contributed by atoms with Crippen molar-refractivity contribution in [2.75, 3.05) is 0 Å². The summed E-state index contributed by atoms with van der Waals surface area (Å²) in [5.74, 6) is -0.932. The molecule has 0 amide bonds. The molecule has 0 saturated carbocycles. The van der Waals surface area contributed by atoms with Crippen LogP contribution in [0.25, 0.3) is 5.69 Å². The van der Waals surface area contributed by atoms with Crippen molar-refractivity contribution in [3.8, 4) is 5.69 Å². The standard InChI is InChI=1S/C15H12N4O2S/c20-14(21)13(11-7-3-1-4-8-11)22-15-16-17-18-19(15)12-9-5-2-6-10-12/h1-10,13H,(H,20,21)/t13-/m0/s1. The Morgan fingerprint density at radius 3 is 2.32 bits per heavy atom. The van der Waals surface area contributed by atoms with Gasteiger partial charge in [0.05, 0.1) is 5.69 Å². The van der Waals surface area contributed by atoms with E-state index in [9.17, 15) is 9.90 Å². The van der Waals surface area contributed by atoms with Crippen molar-refractivity contribution in [3.63, 3.8) is 0 Å². The minimum atomic E-state index is -0.932. The molecule has 0 radical (unpaired) electrons. The average Bonchev–Trinajstić information content (AvgIpc) is 3.02. The van der Waals surface area contributed by atoms with Crippen LogP contribution < -0.4 is 0 Å².